The van der Waals surface area contributed by atoms with E-state index in [-0.39, 0.29) is 11.6 Å². The maximum atomic E-state index is 14.0. The lowest BCUT2D eigenvalue weighted by Gasteiger charge is -2.15. The summed E-state index contributed by atoms with van der Waals surface area (Å²) in [7, 11) is 0. The lowest BCUT2D eigenvalue weighted by Crippen LogP contribution is -2.28. The summed E-state index contributed by atoms with van der Waals surface area (Å²) >= 11 is 6.44. The van der Waals surface area contributed by atoms with E-state index < -0.39 is 5.82 Å². The van der Waals surface area contributed by atoms with Gasteiger partial charge in [-0.1, -0.05) is 61.2 Å². The first-order chi connectivity index (χ1) is 12.1. The minimum Gasteiger partial charge on any atom is -0.493 e. The van der Waals surface area contributed by atoms with E-state index in [1.165, 1.54) is 11.0 Å². The van der Waals surface area contributed by atoms with Crippen LogP contribution in [-0.2, 0) is 4.79 Å². The molecular formula is C19H16FNO2S2. The van der Waals surface area contributed by atoms with E-state index in [2.05, 4.69) is 0 Å². The number of halogens is 1. The number of para-hydroxylation sites is 2. The van der Waals surface area contributed by atoms with Gasteiger partial charge < -0.3 is 4.74 Å². The molecule has 0 spiro atoms. The molecule has 0 N–H and O–H groups in total. The van der Waals surface area contributed by atoms with Crippen molar-refractivity contribution < 1.29 is 13.9 Å². The Kier molecular flexibility index (Phi) is 5.50. The number of ether oxygens (including phenoxy) is 1. The highest BCUT2D eigenvalue weighted by molar-refractivity contribution is 8.27. The number of amides is 1. The molecule has 3 nitrogen and oxygen atoms in total. The Morgan fingerprint density at radius 1 is 1.20 bits per heavy atom. The number of hydrogen-bond donors (Lipinski definition) is 0. The van der Waals surface area contributed by atoms with Gasteiger partial charge in [-0.3, -0.25) is 9.69 Å². The van der Waals surface area contributed by atoms with Gasteiger partial charge in [0.15, 0.2) is 4.32 Å². The molecular weight excluding hydrogens is 357 g/mol. The Balaban J connectivity index is 1.93. The third kappa shape index (κ3) is 3.75. The fraction of sp³-hybridized carbons (Fsp3) is 0.158. The fourth-order valence-electron chi connectivity index (χ4n) is 2.39. The molecule has 1 amide bonds. The smallest absolute Gasteiger partial charge is 0.270 e. The van der Waals surface area contributed by atoms with Gasteiger partial charge in [-0.15, -0.1) is 0 Å². The lowest BCUT2D eigenvalue weighted by molar-refractivity contribution is -0.113. The van der Waals surface area contributed by atoms with Crippen LogP contribution in [0.5, 0.6) is 5.75 Å². The molecule has 0 atom stereocenters. The van der Waals surface area contributed by atoms with Crippen molar-refractivity contribution in [3.63, 3.8) is 0 Å². The van der Waals surface area contributed by atoms with Gasteiger partial charge in [-0.25, -0.2) is 4.39 Å². The highest BCUT2D eigenvalue weighted by Crippen LogP contribution is 2.37. The van der Waals surface area contributed by atoms with E-state index in [1.807, 2.05) is 31.2 Å². The molecule has 1 aliphatic heterocycles. The van der Waals surface area contributed by atoms with Gasteiger partial charge in [0.2, 0.25) is 0 Å². The van der Waals surface area contributed by atoms with Crippen LogP contribution in [0.2, 0.25) is 0 Å². The second kappa shape index (κ2) is 7.80. The third-order valence-electron chi connectivity index (χ3n) is 3.55. The predicted octanol–water partition coefficient (Wildman–Crippen LogP) is 5.02. The SMILES string of the molecule is CCCOc1ccccc1/C=C1\SC(=S)N(c2ccccc2F)C1=O. The number of hydrogen-bond acceptors (Lipinski definition) is 4. The highest BCUT2D eigenvalue weighted by Gasteiger charge is 2.34. The normalized spacial score (nSPS) is 15.9. The van der Waals surface area contributed by atoms with Gasteiger partial charge in [-0.05, 0) is 30.7 Å². The number of carbonyl (C=O) groups excluding carboxylic acids is 1. The molecule has 25 heavy (non-hydrogen) atoms. The van der Waals surface area contributed by atoms with E-state index >= 15 is 0 Å². The molecule has 6 heteroatoms. The predicted molar refractivity (Wildman–Crippen MR) is 104 cm³/mol. The Morgan fingerprint density at radius 2 is 1.92 bits per heavy atom. The minimum absolute atomic E-state index is 0.170. The molecule has 0 saturated carbocycles. The number of carbonyl (C=O) groups is 1. The van der Waals surface area contributed by atoms with E-state index in [0.29, 0.717) is 21.6 Å². The second-order valence-electron chi connectivity index (χ2n) is 5.35. The molecule has 0 radical (unpaired) electrons. The van der Waals surface area contributed by atoms with Crippen LogP contribution in [0.25, 0.3) is 6.08 Å². The Morgan fingerprint density at radius 3 is 2.68 bits per heavy atom. The molecule has 0 aliphatic carbocycles. The maximum Gasteiger partial charge on any atom is 0.270 e. The van der Waals surface area contributed by atoms with Crippen molar-refractivity contribution in [3.05, 3.63) is 64.8 Å². The first-order valence-electron chi connectivity index (χ1n) is 7.86. The minimum atomic E-state index is -0.480. The quantitative estimate of drug-likeness (QED) is 0.544. The van der Waals surface area contributed by atoms with E-state index in [0.717, 1.165) is 23.7 Å². The molecule has 0 unspecified atom stereocenters. The number of benzene rings is 2. The summed E-state index contributed by atoms with van der Waals surface area (Å²) in [5.41, 5.74) is 0.967. The number of thiocarbonyl (C=S) groups is 1. The molecule has 0 bridgehead atoms. The first-order valence-corrected chi connectivity index (χ1v) is 9.08. The summed E-state index contributed by atoms with van der Waals surface area (Å²) in [5, 5.41) is 0. The van der Waals surface area contributed by atoms with Crippen LogP contribution in [-0.4, -0.2) is 16.8 Å². The molecule has 128 valence electrons. The second-order valence-corrected chi connectivity index (χ2v) is 7.03. The summed E-state index contributed by atoms with van der Waals surface area (Å²) in [4.78, 5) is 14.4. The summed E-state index contributed by atoms with van der Waals surface area (Å²) < 4.78 is 20.1. The van der Waals surface area contributed by atoms with Crippen molar-refractivity contribution in [2.24, 2.45) is 0 Å². The van der Waals surface area contributed by atoms with Crippen LogP contribution in [0, 0.1) is 5.82 Å². The molecule has 1 saturated heterocycles. The number of rotatable bonds is 5. The van der Waals surface area contributed by atoms with E-state index in [9.17, 15) is 9.18 Å². The van der Waals surface area contributed by atoms with Gasteiger partial charge in [0.25, 0.3) is 5.91 Å². The van der Waals surface area contributed by atoms with Crippen molar-refractivity contribution in [2.75, 3.05) is 11.5 Å². The molecule has 3 rings (SSSR count). The van der Waals surface area contributed by atoms with Crippen molar-refractivity contribution >= 4 is 46.0 Å². The fourth-order valence-corrected chi connectivity index (χ4v) is 3.67. The van der Waals surface area contributed by atoms with Crippen LogP contribution < -0.4 is 9.64 Å². The molecule has 1 heterocycles. The van der Waals surface area contributed by atoms with Gasteiger partial charge in [0, 0.05) is 5.56 Å². The van der Waals surface area contributed by atoms with Crippen molar-refractivity contribution in [1.82, 2.24) is 0 Å². The largest absolute Gasteiger partial charge is 0.493 e. The van der Waals surface area contributed by atoms with Crippen LogP contribution in [0.15, 0.2) is 53.4 Å². The van der Waals surface area contributed by atoms with Crippen LogP contribution in [0.3, 0.4) is 0 Å². The Labute approximate surface area is 155 Å². The zero-order chi connectivity index (χ0) is 17.8. The molecule has 1 fully saturated rings. The van der Waals surface area contributed by atoms with Gasteiger partial charge in [-0.2, -0.15) is 0 Å². The number of anilines is 1. The van der Waals surface area contributed by atoms with Crippen molar-refractivity contribution in [1.29, 1.82) is 0 Å². The Bertz CT molecular complexity index is 851. The topological polar surface area (TPSA) is 29.5 Å². The van der Waals surface area contributed by atoms with Gasteiger partial charge >= 0.3 is 0 Å². The lowest BCUT2D eigenvalue weighted by atomic mass is 10.2. The standard InChI is InChI=1S/C19H16FNO2S2/c1-2-11-23-16-10-6-3-7-13(16)12-17-18(22)21(19(24)25-17)15-9-5-4-8-14(15)20/h3-10,12H,2,11H2,1H3/b17-12-. The van der Waals surface area contributed by atoms with Crippen LogP contribution in [0.4, 0.5) is 10.1 Å². The van der Waals surface area contributed by atoms with Gasteiger partial charge in [0.1, 0.15) is 11.6 Å². The average Bonchev–Trinajstić information content (AvgIpc) is 2.88. The van der Waals surface area contributed by atoms with E-state index in [4.69, 9.17) is 17.0 Å². The molecule has 2 aromatic carbocycles. The van der Waals surface area contributed by atoms with Gasteiger partial charge in [0.05, 0.1) is 17.2 Å². The molecule has 1 aliphatic rings. The zero-order valence-electron chi connectivity index (χ0n) is 13.6. The van der Waals surface area contributed by atoms with E-state index in [1.54, 1.807) is 24.3 Å². The Hall–Kier alpha value is -2.18. The van der Waals surface area contributed by atoms with Crippen LogP contribution >= 0.6 is 24.0 Å². The highest BCUT2D eigenvalue weighted by atomic mass is 32.2. The zero-order valence-corrected chi connectivity index (χ0v) is 15.2. The summed E-state index contributed by atoms with van der Waals surface area (Å²) in [5.74, 6) is -0.0994. The van der Waals surface area contributed by atoms with Crippen molar-refractivity contribution in [2.45, 2.75) is 13.3 Å². The maximum absolute atomic E-state index is 14.0. The van der Waals surface area contributed by atoms with Crippen LogP contribution in [0.1, 0.15) is 18.9 Å². The number of thioether (sulfide) groups is 1. The summed E-state index contributed by atoms with van der Waals surface area (Å²) in [6.45, 7) is 2.63. The third-order valence-corrected chi connectivity index (χ3v) is 4.86. The summed E-state index contributed by atoms with van der Waals surface area (Å²) in [6.07, 6.45) is 2.63. The monoisotopic (exact) mass is 373 g/mol. The molecule has 0 aromatic heterocycles. The average molecular weight is 373 g/mol. The number of nitrogens with zero attached hydrogens (tertiary/aromatic N) is 1. The van der Waals surface area contributed by atoms with Crippen molar-refractivity contribution in [3.8, 4) is 5.75 Å². The first kappa shape index (κ1) is 17.6. The summed E-state index contributed by atoms with van der Waals surface area (Å²) in [6, 6.07) is 13.6. The molecule has 2 aromatic rings.